The molecule has 0 heterocycles. The van der Waals surface area contributed by atoms with Gasteiger partial charge in [-0.1, -0.05) is 24.6 Å². The van der Waals surface area contributed by atoms with Crippen molar-refractivity contribution in [2.45, 2.75) is 13.8 Å². The van der Waals surface area contributed by atoms with Crippen LogP contribution in [-0.4, -0.2) is 7.11 Å². The van der Waals surface area contributed by atoms with E-state index in [4.69, 9.17) is 4.74 Å². The van der Waals surface area contributed by atoms with E-state index in [1.807, 2.05) is 6.08 Å². The van der Waals surface area contributed by atoms with Gasteiger partial charge in [-0.05, 0) is 25.0 Å². The van der Waals surface area contributed by atoms with Gasteiger partial charge in [-0.25, -0.2) is 0 Å². The van der Waals surface area contributed by atoms with Crippen LogP contribution in [0.2, 0.25) is 0 Å². The first-order valence-electron chi connectivity index (χ1n) is 3.84. The molecule has 1 nitrogen and oxygen atoms in total. The van der Waals surface area contributed by atoms with Crippen LogP contribution in [0.4, 0.5) is 0 Å². The zero-order valence-corrected chi connectivity index (χ0v) is 7.29. The van der Waals surface area contributed by atoms with Crippen molar-refractivity contribution in [1.29, 1.82) is 0 Å². The van der Waals surface area contributed by atoms with Crippen molar-refractivity contribution in [3.8, 4) is 0 Å². The lowest BCUT2D eigenvalue weighted by Crippen LogP contribution is -1.86. The molecular formula is C10H14O. The number of hydrogen-bond donors (Lipinski definition) is 0. The highest BCUT2D eigenvalue weighted by atomic mass is 16.5. The highest BCUT2D eigenvalue weighted by Crippen LogP contribution is 2.14. The highest BCUT2D eigenvalue weighted by molar-refractivity contribution is 5.29. The summed E-state index contributed by atoms with van der Waals surface area (Å²) in [5.41, 5.74) is 1.29. The summed E-state index contributed by atoms with van der Waals surface area (Å²) >= 11 is 0. The fraction of sp³-hybridized carbons (Fsp3) is 0.400. The predicted molar refractivity (Wildman–Crippen MR) is 47.2 cm³/mol. The van der Waals surface area contributed by atoms with Gasteiger partial charge in [0.1, 0.15) is 5.76 Å². The molecular weight excluding hydrogens is 136 g/mol. The van der Waals surface area contributed by atoms with E-state index in [0.29, 0.717) is 5.92 Å². The molecule has 1 aliphatic carbocycles. The summed E-state index contributed by atoms with van der Waals surface area (Å²) in [6, 6.07) is 0. The third kappa shape index (κ3) is 2.26. The molecule has 0 aromatic carbocycles. The predicted octanol–water partition coefficient (Wildman–Crippen LogP) is 2.67. The van der Waals surface area contributed by atoms with Crippen molar-refractivity contribution < 1.29 is 4.74 Å². The van der Waals surface area contributed by atoms with Crippen LogP contribution < -0.4 is 0 Å². The van der Waals surface area contributed by atoms with Crippen LogP contribution in [0, 0.1) is 5.92 Å². The van der Waals surface area contributed by atoms with E-state index in [1.54, 1.807) is 7.11 Å². The molecule has 0 fully saturated rings. The molecule has 1 atom stereocenters. The van der Waals surface area contributed by atoms with Crippen LogP contribution in [-0.2, 0) is 4.74 Å². The first-order valence-corrected chi connectivity index (χ1v) is 3.84. The zero-order chi connectivity index (χ0) is 8.27. The average molecular weight is 150 g/mol. The minimum atomic E-state index is 0.472. The van der Waals surface area contributed by atoms with Crippen molar-refractivity contribution in [2.24, 2.45) is 5.92 Å². The molecule has 0 spiro atoms. The van der Waals surface area contributed by atoms with E-state index >= 15 is 0 Å². The van der Waals surface area contributed by atoms with E-state index in [0.717, 1.165) is 5.76 Å². The topological polar surface area (TPSA) is 9.23 Å². The molecule has 1 aliphatic rings. The first-order chi connectivity index (χ1) is 5.22. The summed E-state index contributed by atoms with van der Waals surface area (Å²) in [6.07, 6.45) is 8.38. The summed E-state index contributed by atoms with van der Waals surface area (Å²) < 4.78 is 5.13. The number of hydrogen-bond acceptors (Lipinski definition) is 1. The number of methoxy groups -OCH3 is 1. The van der Waals surface area contributed by atoms with Gasteiger partial charge < -0.3 is 4.74 Å². The van der Waals surface area contributed by atoms with Gasteiger partial charge in [0.05, 0.1) is 7.11 Å². The Kier molecular flexibility index (Phi) is 2.53. The van der Waals surface area contributed by atoms with E-state index in [1.165, 1.54) is 5.57 Å². The number of ether oxygens (including phenoxy) is 1. The summed E-state index contributed by atoms with van der Waals surface area (Å²) in [5, 5.41) is 0. The summed E-state index contributed by atoms with van der Waals surface area (Å²) in [5.74, 6) is 1.42. The molecule has 1 heteroatoms. The Hall–Kier alpha value is -0.980. The SMILES string of the molecule is COC1=CC(C)C=C(C)C=C1. The number of allylic oxidation sites excluding steroid dienone is 5. The summed E-state index contributed by atoms with van der Waals surface area (Å²) in [4.78, 5) is 0. The van der Waals surface area contributed by atoms with Gasteiger partial charge in [-0.15, -0.1) is 0 Å². The van der Waals surface area contributed by atoms with Crippen molar-refractivity contribution in [3.63, 3.8) is 0 Å². The van der Waals surface area contributed by atoms with Crippen LogP contribution in [0.5, 0.6) is 0 Å². The summed E-state index contributed by atoms with van der Waals surface area (Å²) in [6.45, 7) is 4.24. The van der Waals surface area contributed by atoms with E-state index in [2.05, 4.69) is 32.1 Å². The second-order valence-corrected chi connectivity index (χ2v) is 2.88. The van der Waals surface area contributed by atoms with Gasteiger partial charge in [0.15, 0.2) is 0 Å². The zero-order valence-electron chi connectivity index (χ0n) is 7.29. The van der Waals surface area contributed by atoms with Gasteiger partial charge in [0.2, 0.25) is 0 Å². The molecule has 0 aromatic heterocycles. The fourth-order valence-electron chi connectivity index (χ4n) is 1.18. The molecule has 0 aliphatic heterocycles. The normalized spacial score (nSPS) is 23.7. The Morgan fingerprint density at radius 3 is 2.64 bits per heavy atom. The van der Waals surface area contributed by atoms with Crippen LogP contribution in [0.25, 0.3) is 0 Å². The van der Waals surface area contributed by atoms with Gasteiger partial charge in [-0.3, -0.25) is 0 Å². The van der Waals surface area contributed by atoms with Gasteiger partial charge in [0.25, 0.3) is 0 Å². The first kappa shape index (κ1) is 8.12. The maximum Gasteiger partial charge on any atom is 0.115 e. The Balaban J connectivity index is 2.83. The van der Waals surface area contributed by atoms with Gasteiger partial charge >= 0.3 is 0 Å². The van der Waals surface area contributed by atoms with Crippen LogP contribution in [0.3, 0.4) is 0 Å². The largest absolute Gasteiger partial charge is 0.497 e. The van der Waals surface area contributed by atoms with Crippen molar-refractivity contribution >= 4 is 0 Å². The van der Waals surface area contributed by atoms with Crippen molar-refractivity contribution in [1.82, 2.24) is 0 Å². The van der Waals surface area contributed by atoms with E-state index in [9.17, 15) is 0 Å². The van der Waals surface area contributed by atoms with E-state index < -0.39 is 0 Å². The lowest BCUT2D eigenvalue weighted by atomic mass is 10.1. The molecule has 0 radical (unpaired) electrons. The smallest absolute Gasteiger partial charge is 0.115 e. The minimum absolute atomic E-state index is 0.472. The Labute approximate surface area is 68.1 Å². The van der Waals surface area contributed by atoms with Crippen LogP contribution in [0.1, 0.15) is 13.8 Å². The minimum Gasteiger partial charge on any atom is -0.497 e. The second-order valence-electron chi connectivity index (χ2n) is 2.88. The molecule has 60 valence electrons. The van der Waals surface area contributed by atoms with Gasteiger partial charge in [0, 0.05) is 0 Å². The average Bonchev–Trinajstić information content (AvgIpc) is 2.11. The fourth-order valence-corrected chi connectivity index (χ4v) is 1.18. The third-order valence-electron chi connectivity index (χ3n) is 1.70. The molecule has 0 aromatic rings. The van der Waals surface area contributed by atoms with Crippen LogP contribution in [0.15, 0.2) is 35.6 Å². The molecule has 0 saturated carbocycles. The maximum absolute atomic E-state index is 5.13. The molecule has 0 saturated heterocycles. The quantitative estimate of drug-likeness (QED) is 0.558. The summed E-state index contributed by atoms with van der Waals surface area (Å²) in [7, 11) is 1.70. The molecule has 11 heavy (non-hydrogen) atoms. The lowest BCUT2D eigenvalue weighted by molar-refractivity contribution is 0.304. The Morgan fingerprint density at radius 1 is 1.27 bits per heavy atom. The van der Waals surface area contributed by atoms with Gasteiger partial charge in [-0.2, -0.15) is 0 Å². The number of rotatable bonds is 1. The third-order valence-corrected chi connectivity index (χ3v) is 1.70. The monoisotopic (exact) mass is 150 g/mol. The Morgan fingerprint density at radius 2 is 2.00 bits per heavy atom. The lowest BCUT2D eigenvalue weighted by Gasteiger charge is -2.00. The van der Waals surface area contributed by atoms with Crippen molar-refractivity contribution in [2.75, 3.05) is 7.11 Å². The highest BCUT2D eigenvalue weighted by Gasteiger charge is 2.00. The molecule has 0 bridgehead atoms. The van der Waals surface area contributed by atoms with Crippen molar-refractivity contribution in [3.05, 3.63) is 35.6 Å². The molecule has 0 N–H and O–H groups in total. The maximum atomic E-state index is 5.13. The molecule has 1 unspecified atom stereocenters. The van der Waals surface area contributed by atoms with Crippen LogP contribution >= 0.6 is 0 Å². The molecule has 1 rings (SSSR count). The van der Waals surface area contributed by atoms with E-state index in [-0.39, 0.29) is 0 Å². The Bertz CT molecular complexity index is 221. The molecule has 0 amide bonds. The second kappa shape index (κ2) is 3.42. The standard InChI is InChI=1S/C10H14O/c1-8-4-5-10(11-3)7-9(2)6-8/h4-7,9H,1-3H3.